The van der Waals surface area contributed by atoms with Gasteiger partial charge in [-0.05, 0) is 30.0 Å². The summed E-state index contributed by atoms with van der Waals surface area (Å²) in [5.41, 5.74) is 1.03. The predicted molar refractivity (Wildman–Crippen MR) is 127 cm³/mol. The molecule has 0 radical (unpaired) electrons. The molecule has 1 fully saturated rings. The maximum Gasteiger partial charge on any atom is 0.191 e. The van der Waals surface area contributed by atoms with Crippen LogP contribution in [0.1, 0.15) is 23.4 Å². The van der Waals surface area contributed by atoms with Crippen LogP contribution < -0.4 is 10.6 Å². The molecule has 3 heterocycles. The topological polar surface area (TPSA) is 61.8 Å². The van der Waals surface area contributed by atoms with E-state index in [4.69, 9.17) is 16.3 Å². The van der Waals surface area contributed by atoms with E-state index >= 15 is 0 Å². The molecule has 0 aromatic carbocycles. The standard InChI is InChI=1S/C19H26ClN5OS.HI/c1-2-21-19(23-13-15-5-6-18(20)22-12-15)24-14-16(17-4-3-11-27-17)25-7-9-26-10-8-25;/h3-6,11-12,16H,2,7-10,13-14H2,1H3,(H2,21,23,24);1H. The van der Waals surface area contributed by atoms with Crippen molar-refractivity contribution in [3.05, 3.63) is 51.4 Å². The Morgan fingerprint density at radius 3 is 2.79 bits per heavy atom. The Morgan fingerprint density at radius 2 is 2.14 bits per heavy atom. The van der Waals surface area contributed by atoms with Gasteiger partial charge in [-0.1, -0.05) is 23.7 Å². The molecule has 154 valence electrons. The first-order valence-electron chi connectivity index (χ1n) is 9.24. The molecule has 0 spiro atoms. The Kier molecular flexibility index (Phi) is 10.5. The van der Waals surface area contributed by atoms with Crippen LogP contribution in [0.15, 0.2) is 40.8 Å². The Balaban J connectivity index is 0.00000280. The second kappa shape index (κ2) is 12.6. The Morgan fingerprint density at radius 1 is 1.32 bits per heavy atom. The molecule has 6 nitrogen and oxygen atoms in total. The molecule has 0 bridgehead atoms. The zero-order valence-corrected chi connectivity index (χ0v) is 19.8. The lowest BCUT2D eigenvalue weighted by atomic mass is 10.2. The fourth-order valence-corrected chi connectivity index (χ4v) is 3.96. The highest BCUT2D eigenvalue weighted by molar-refractivity contribution is 14.0. The first kappa shape index (κ1) is 23.3. The van der Waals surface area contributed by atoms with Gasteiger partial charge < -0.3 is 15.4 Å². The smallest absolute Gasteiger partial charge is 0.191 e. The molecule has 0 saturated carbocycles. The molecule has 9 heteroatoms. The number of nitrogens with zero attached hydrogens (tertiary/aromatic N) is 3. The summed E-state index contributed by atoms with van der Waals surface area (Å²) in [6, 6.07) is 8.37. The van der Waals surface area contributed by atoms with Gasteiger partial charge in [-0.2, -0.15) is 0 Å². The SMILES string of the molecule is CCNC(=NCc1ccc(Cl)nc1)NCC(c1cccs1)N1CCOCC1.I. The molecule has 2 aromatic heterocycles. The second-order valence-electron chi connectivity index (χ2n) is 6.24. The summed E-state index contributed by atoms with van der Waals surface area (Å²) < 4.78 is 5.52. The van der Waals surface area contributed by atoms with E-state index in [1.165, 1.54) is 4.88 Å². The first-order chi connectivity index (χ1) is 13.3. The van der Waals surface area contributed by atoms with Gasteiger partial charge in [-0.15, -0.1) is 35.3 Å². The van der Waals surface area contributed by atoms with Gasteiger partial charge >= 0.3 is 0 Å². The van der Waals surface area contributed by atoms with Crippen molar-refractivity contribution in [2.45, 2.75) is 19.5 Å². The minimum atomic E-state index is 0. The quantitative estimate of drug-likeness (QED) is 0.246. The number of morpholine rings is 1. The van der Waals surface area contributed by atoms with Crippen LogP contribution in [0.25, 0.3) is 0 Å². The lowest BCUT2D eigenvalue weighted by Gasteiger charge is -2.34. The number of aromatic nitrogens is 1. The van der Waals surface area contributed by atoms with Gasteiger partial charge in [0.15, 0.2) is 5.96 Å². The minimum absolute atomic E-state index is 0. The molecule has 28 heavy (non-hydrogen) atoms. The third-order valence-electron chi connectivity index (χ3n) is 4.37. The fourth-order valence-electron chi connectivity index (χ4n) is 2.99. The van der Waals surface area contributed by atoms with Crippen LogP contribution in [0.4, 0.5) is 0 Å². The van der Waals surface area contributed by atoms with Crippen molar-refractivity contribution in [2.75, 3.05) is 39.4 Å². The highest BCUT2D eigenvalue weighted by atomic mass is 127. The Labute approximate surface area is 192 Å². The monoisotopic (exact) mass is 535 g/mol. The maximum atomic E-state index is 5.85. The van der Waals surface area contributed by atoms with Crippen LogP contribution in [-0.4, -0.2) is 55.2 Å². The largest absolute Gasteiger partial charge is 0.379 e. The molecule has 0 amide bonds. The van der Waals surface area contributed by atoms with Crippen molar-refractivity contribution >= 4 is 52.9 Å². The van der Waals surface area contributed by atoms with Crippen LogP contribution in [0.3, 0.4) is 0 Å². The molecular formula is C19H27ClIN5OS. The molecule has 3 rings (SSSR count). The molecule has 1 unspecified atom stereocenters. The molecule has 1 aliphatic rings. The molecular weight excluding hydrogens is 509 g/mol. The summed E-state index contributed by atoms with van der Waals surface area (Å²) in [7, 11) is 0. The van der Waals surface area contributed by atoms with Crippen molar-refractivity contribution in [3.63, 3.8) is 0 Å². The van der Waals surface area contributed by atoms with Gasteiger partial charge in [0.2, 0.25) is 0 Å². The number of nitrogens with one attached hydrogen (secondary N) is 2. The van der Waals surface area contributed by atoms with Crippen molar-refractivity contribution in [2.24, 2.45) is 4.99 Å². The Hall–Kier alpha value is -0.940. The fraction of sp³-hybridized carbons (Fsp3) is 0.474. The average Bonchev–Trinajstić information content (AvgIpc) is 3.23. The summed E-state index contributed by atoms with van der Waals surface area (Å²) in [5, 5.41) is 9.46. The third kappa shape index (κ3) is 7.14. The molecule has 1 saturated heterocycles. The number of pyridine rings is 1. The summed E-state index contributed by atoms with van der Waals surface area (Å²) in [6.07, 6.45) is 1.76. The van der Waals surface area contributed by atoms with E-state index in [0.29, 0.717) is 17.7 Å². The summed E-state index contributed by atoms with van der Waals surface area (Å²) in [6.45, 7) is 7.72. The van der Waals surface area contributed by atoms with Crippen molar-refractivity contribution in [1.82, 2.24) is 20.5 Å². The van der Waals surface area contributed by atoms with E-state index in [0.717, 1.165) is 50.9 Å². The zero-order chi connectivity index (χ0) is 18.9. The van der Waals surface area contributed by atoms with Crippen LogP contribution in [0, 0.1) is 0 Å². The van der Waals surface area contributed by atoms with E-state index in [2.05, 4.69) is 49.9 Å². The van der Waals surface area contributed by atoms with Crippen molar-refractivity contribution < 1.29 is 4.74 Å². The predicted octanol–water partition coefficient (Wildman–Crippen LogP) is 3.54. The van der Waals surface area contributed by atoms with Gasteiger partial charge in [0.25, 0.3) is 0 Å². The van der Waals surface area contributed by atoms with E-state index in [-0.39, 0.29) is 24.0 Å². The molecule has 1 atom stereocenters. The summed E-state index contributed by atoms with van der Waals surface area (Å²) >= 11 is 7.64. The van der Waals surface area contributed by atoms with Gasteiger partial charge in [0.05, 0.1) is 25.8 Å². The molecule has 0 aliphatic carbocycles. The molecule has 2 aromatic rings. The Bertz CT molecular complexity index is 708. The van der Waals surface area contributed by atoms with Crippen LogP contribution in [0.2, 0.25) is 5.15 Å². The second-order valence-corrected chi connectivity index (χ2v) is 7.61. The van der Waals surface area contributed by atoms with E-state index < -0.39 is 0 Å². The maximum absolute atomic E-state index is 5.85. The highest BCUT2D eigenvalue weighted by Crippen LogP contribution is 2.25. The zero-order valence-electron chi connectivity index (χ0n) is 15.9. The average molecular weight is 536 g/mol. The van der Waals surface area contributed by atoms with Crippen molar-refractivity contribution in [3.8, 4) is 0 Å². The minimum Gasteiger partial charge on any atom is -0.379 e. The summed E-state index contributed by atoms with van der Waals surface area (Å²) in [5.74, 6) is 0.808. The van der Waals surface area contributed by atoms with E-state index in [1.807, 2.05) is 6.07 Å². The number of rotatable bonds is 7. The molecule has 1 aliphatic heterocycles. The number of hydrogen-bond donors (Lipinski definition) is 2. The lowest BCUT2D eigenvalue weighted by Crippen LogP contribution is -2.46. The van der Waals surface area contributed by atoms with Gasteiger partial charge in [-0.3, -0.25) is 4.90 Å². The number of hydrogen-bond acceptors (Lipinski definition) is 5. The number of halogens is 2. The van der Waals surface area contributed by atoms with Crippen LogP contribution in [0.5, 0.6) is 0 Å². The van der Waals surface area contributed by atoms with Gasteiger partial charge in [0.1, 0.15) is 5.15 Å². The van der Waals surface area contributed by atoms with Gasteiger partial charge in [0, 0.05) is 37.3 Å². The highest BCUT2D eigenvalue weighted by Gasteiger charge is 2.23. The van der Waals surface area contributed by atoms with Crippen LogP contribution in [-0.2, 0) is 11.3 Å². The van der Waals surface area contributed by atoms with E-state index in [1.54, 1.807) is 23.6 Å². The first-order valence-corrected chi connectivity index (χ1v) is 10.5. The number of guanidine groups is 1. The summed E-state index contributed by atoms with van der Waals surface area (Å²) in [4.78, 5) is 12.6. The van der Waals surface area contributed by atoms with Crippen LogP contribution >= 0.6 is 46.9 Å². The number of aliphatic imine (C=N–C) groups is 1. The lowest BCUT2D eigenvalue weighted by molar-refractivity contribution is 0.0177. The number of thiophene rings is 1. The third-order valence-corrected chi connectivity index (χ3v) is 5.57. The molecule has 2 N–H and O–H groups in total. The van der Waals surface area contributed by atoms with E-state index in [9.17, 15) is 0 Å². The van der Waals surface area contributed by atoms with Crippen molar-refractivity contribution in [1.29, 1.82) is 0 Å². The van der Waals surface area contributed by atoms with Gasteiger partial charge in [-0.25, -0.2) is 9.98 Å². The number of ether oxygens (including phenoxy) is 1. The normalized spacial score (nSPS) is 16.3.